The first-order chi connectivity index (χ1) is 17.1. The van der Waals surface area contributed by atoms with Crippen LogP contribution in [0.1, 0.15) is 56.1 Å². The number of rotatable bonds is 7. The van der Waals surface area contributed by atoms with Gasteiger partial charge in [0, 0.05) is 31.4 Å². The first kappa shape index (κ1) is 25.3. The summed E-state index contributed by atoms with van der Waals surface area (Å²) >= 11 is 0. The normalized spacial score (nSPS) is 27.2. The topological polar surface area (TPSA) is 60.9 Å². The number of urea groups is 1. The van der Waals surface area contributed by atoms with Gasteiger partial charge in [0.15, 0.2) is 9.84 Å². The fourth-order valence-corrected chi connectivity index (χ4v) is 7.30. The number of sulfone groups is 1. The van der Waals surface area contributed by atoms with Gasteiger partial charge in [-0.3, -0.25) is 4.90 Å². The van der Waals surface area contributed by atoms with Crippen molar-refractivity contribution >= 4 is 15.9 Å². The molecule has 3 fully saturated rings. The number of benzene rings is 2. The molecule has 7 heteroatoms. The zero-order valence-corrected chi connectivity index (χ0v) is 22.6. The van der Waals surface area contributed by atoms with Crippen molar-refractivity contribution < 1.29 is 13.2 Å². The molecule has 5 rings (SSSR count). The Labute approximate surface area is 216 Å². The Morgan fingerprint density at radius 3 is 2.25 bits per heavy atom. The average molecular weight is 510 g/mol. The zero-order valence-electron chi connectivity index (χ0n) is 21.8. The number of amides is 2. The summed E-state index contributed by atoms with van der Waals surface area (Å²) in [6, 6.07) is 18.0. The van der Waals surface area contributed by atoms with Crippen LogP contribution in [-0.4, -0.2) is 68.1 Å². The number of carbonyl (C=O) groups is 1. The minimum Gasteiger partial charge on any atom is -0.318 e. The van der Waals surface area contributed by atoms with Crippen LogP contribution in [-0.2, 0) is 21.9 Å². The summed E-state index contributed by atoms with van der Waals surface area (Å²) in [7, 11) is 1.07. The van der Waals surface area contributed by atoms with E-state index >= 15 is 0 Å². The minimum absolute atomic E-state index is 0.0189. The highest BCUT2D eigenvalue weighted by Gasteiger charge is 2.54. The summed E-state index contributed by atoms with van der Waals surface area (Å²) in [6.07, 6.45) is 8.88. The molecule has 6 nitrogen and oxygen atoms in total. The molecule has 0 atom stereocenters. The van der Waals surface area contributed by atoms with Gasteiger partial charge in [0.25, 0.3) is 0 Å². The Kier molecular flexibility index (Phi) is 6.66. The van der Waals surface area contributed by atoms with Crippen LogP contribution >= 0.6 is 0 Å². The van der Waals surface area contributed by atoms with Crippen LogP contribution in [0.25, 0.3) is 0 Å². The van der Waals surface area contributed by atoms with E-state index in [-0.39, 0.29) is 17.1 Å². The van der Waals surface area contributed by atoms with Crippen LogP contribution in [0, 0.1) is 5.92 Å². The molecule has 0 unspecified atom stereocenters. The van der Waals surface area contributed by atoms with Crippen LogP contribution in [0.2, 0.25) is 0 Å². The lowest BCUT2D eigenvalue weighted by Crippen LogP contribution is -2.56. The smallest absolute Gasteiger partial charge is 0.318 e. The van der Waals surface area contributed by atoms with Gasteiger partial charge in [-0.1, -0.05) is 48.9 Å². The lowest BCUT2D eigenvalue weighted by molar-refractivity contribution is 0.0159. The Hall–Kier alpha value is -2.38. The second kappa shape index (κ2) is 9.49. The van der Waals surface area contributed by atoms with Gasteiger partial charge in [-0.05, 0) is 81.8 Å². The van der Waals surface area contributed by atoms with E-state index < -0.39 is 9.84 Å². The lowest BCUT2D eigenvalue weighted by Gasteiger charge is -2.51. The Bertz CT molecular complexity index is 1200. The van der Waals surface area contributed by atoms with Gasteiger partial charge in [-0.25, -0.2) is 13.2 Å². The summed E-state index contributed by atoms with van der Waals surface area (Å²) in [5, 5.41) is 0. The molecule has 0 radical (unpaired) electrons. The van der Waals surface area contributed by atoms with Crippen molar-refractivity contribution in [2.45, 2.75) is 67.5 Å². The molecule has 2 aromatic carbocycles. The van der Waals surface area contributed by atoms with Gasteiger partial charge < -0.3 is 9.80 Å². The maximum Gasteiger partial charge on any atom is 0.320 e. The van der Waals surface area contributed by atoms with Crippen molar-refractivity contribution in [3.63, 3.8) is 0 Å². The Morgan fingerprint density at radius 2 is 1.67 bits per heavy atom. The summed E-state index contributed by atoms with van der Waals surface area (Å²) in [5.41, 5.74) is 2.05. The predicted molar refractivity (Wildman–Crippen MR) is 142 cm³/mol. The summed E-state index contributed by atoms with van der Waals surface area (Å²) < 4.78 is 24.2. The lowest BCUT2D eigenvalue weighted by atomic mass is 9.68. The average Bonchev–Trinajstić information content (AvgIpc) is 3.07. The molecule has 3 aliphatic rings. The molecule has 36 heavy (non-hydrogen) atoms. The molecule has 2 amide bonds. The van der Waals surface area contributed by atoms with Gasteiger partial charge >= 0.3 is 6.03 Å². The van der Waals surface area contributed by atoms with E-state index in [9.17, 15) is 13.2 Å². The van der Waals surface area contributed by atoms with E-state index in [0.717, 1.165) is 37.8 Å². The molecule has 0 bridgehead atoms. The van der Waals surface area contributed by atoms with E-state index in [1.165, 1.54) is 31.1 Å². The van der Waals surface area contributed by atoms with Crippen LogP contribution in [0.3, 0.4) is 0 Å². The monoisotopic (exact) mass is 509 g/mol. The van der Waals surface area contributed by atoms with Crippen molar-refractivity contribution in [2.75, 3.05) is 33.4 Å². The molecule has 2 saturated carbocycles. The molecular weight excluding hydrogens is 470 g/mol. The molecule has 194 valence electrons. The fraction of sp³-hybridized carbons (Fsp3) is 0.552. The maximum atomic E-state index is 13.8. The Balaban J connectivity index is 1.41. The maximum absolute atomic E-state index is 13.8. The molecule has 2 aliphatic carbocycles. The third-order valence-corrected chi connectivity index (χ3v) is 10.2. The second-order valence-corrected chi connectivity index (χ2v) is 13.5. The number of nitrogens with zero attached hydrogens (tertiary/aromatic N) is 3. The van der Waals surface area contributed by atoms with E-state index in [4.69, 9.17) is 0 Å². The first-order valence-electron chi connectivity index (χ1n) is 13.2. The van der Waals surface area contributed by atoms with Gasteiger partial charge in [-0.15, -0.1) is 0 Å². The van der Waals surface area contributed by atoms with E-state index in [0.29, 0.717) is 23.9 Å². The highest BCUT2D eigenvalue weighted by Crippen LogP contribution is 2.49. The Morgan fingerprint density at radius 1 is 0.972 bits per heavy atom. The molecule has 0 aromatic heterocycles. The highest BCUT2D eigenvalue weighted by atomic mass is 32.2. The summed E-state index contributed by atoms with van der Waals surface area (Å²) in [5.74, 6) is 0.606. The van der Waals surface area contributed by atoms with Crippen LogP contribution in [0.4, 0.5) is 4.79 Å². The minimum atomic E-state index is -3.29. The summed E-state index contributed by atoms with van der Waals surface area (Å²) in [4.78, 5) is 20.7. The van der Waals surface area contributed by atoms with E-state index in [2.05, 4.69) is 54.2 Å². The molecule has 1 heterocycles. The molecular formula is C29H39N3O3S. The highest BCUT2D eigenvalue weighted by molar-refractivity contribution is 7.90. The first-order valence-corrected chi connectivity index (χ1v) is 15.1. The standard InChI is InChI=1S/C29H39N3O3S/c1-30(2)29(25-12-5-4-6-13-25)17-15-28(16-18-29)22-31(27(33)32(28)21-23-9-7-10-23)20-24-11-8-14-26(19-24)36(3,34)35/h4-6,8,11-14,19,23H,7,9-10,15-18,20-22H2,1-3H3/t28-,29-. The number of hydrogen-bond donors (Lipinski definition) is 0. The number of carbonyl (C=O) groups excluding carboxylic acids is 1. The van der Waals surface area contributed by atoms with Crippen molar-refractivity contribution in [1.82, 2.24) is 14.7 Å². The van der Waals surface area contributed by atoms with Crippen molar-refractivity contribution in [2.24, 2.45) is 5.92 Å². The van der Waals surface area contributed by atoms with Gasteiger partial charge in [0.05, 0.1) is 10.4 Å². The van der Waals surface area contributed by atoms with E-state index in [1.54, 1.807) is 18.2 Å². The van der Waals surface area contributed by atoms with E-state index in [1.807, 2.05) is 11.0 Å². The molecule has 0 N–H and O–H groups in total. The van der Waals surface area contributed by atoms with Crippen molar-refractivity contribution in [3.8, 4) is 0 Å². The van der Waals surface area contributed by atoms with Gasteiger partial charge in [-0.2, -0.15) is 0 Å². The third-order valence-electron chi connectivity index (χ3n) is 9.10. The van der Waals surface area contributed by atoms with Gasteiger partial charge in [0.1, 0.15) is 0 Å². The predicted octanol–water partition coefficient (Wildman–Crippen LogP) is 4.90. The molecule has 2 aromatic rings. The van der Waals surface area contributed by atoms with Crippen LogP contribution < -0.4 is 0 Å². The second-order valence-electron chi connectivity index (χ2n) is 11.5. The molecule has 1 aliphatic heterocycles. The van der Waals surface area contributed by atoms with Crippen LogP contribution in [0.5, 0.6) is 0 Å². The van der Waals surface area contributed by atoms with Crippen molar-refractivity contribution in [1.29, 1.82) is 0 Å². The molecule has 1 saturated heterocycles. The SMILES string of the molecule is CN(C)[C@]1(c2ccccc2)CC[C@@]2(CC1)CN(Cc1cccc(S(C)(=O)=O)c1)C(=O)N2CC1CCC1. The van der Waals surface area contributed by atoms with Crippen molar-refractivity contribution in [3.05, 3.63) is 65.7 Å². The molecule has 1 spiro atoms. The van der Waals surface area contributed by atoms with Crippen LogP contribution in [0.15, 0.2) is 59.5 Å². The quantitative estimate of drug-likeness (QED) is 0.533. The van der Waals surface area contributed by atoms with Gasteiger partial charge in [0.2, 0.25) is 0 Å². The number of hydrogen-bond acceptors (Lipinski definition) is 4. The summed E-state index contributed by atoms with van der Waals surface area (Å²) in [6.45, 7) is 2.00. The zero-order chi connectivity index (χ0) is 25.6. The fourth-order valence-electron chi connectivity index (χ4n) is 6.61. The largest absolute Gasteiger partial charge is 0.320 e. The third kappa shape index (κ3) is 4.56.